The summed E-state index contributed by atoms with van der Waals surface area (Å²) >= 11 is 0. The van der Waals surface area contributed by atoms with Gasteiger partial charge in [0.25, 0.3) is 0 Å². The molecule has 104 valence electrons. The van der Waals surface area contributed by atoms with Gasteiger partial charge in [-0.2, -0.15) is 0 Å². The van der Waals surface area contributed by atoms with Crippen molar-refractivity contribution >= 4 is 5.97 Å². The molecule has 2 saturated carbocycles. The highest BCUT2D eigenvalue weighted by molar-refractivity contribution is 5.69. The molecule has 3 unspecified atom stereocenters. The maximum atomic E-state index is 11.2. The van der Waals surface area contributed by atoms with Gasteiger partial charge in [0, 0.05) is 12.1 Å². The Bertz CT molecular complexity index is 286. The summed E-state index contributed by atoms with van der Waals surface area (Å²) < 4.78 is 0. The highest BCUT2D eigenvalue weighted by Crippen LogP contribution is 2.36. The number of carboxylic acid groups (broad SMARTS) is 1. The molecule has 2 aliphatic carbocycles. The number of hydrogen-bond acceptors (Lipinski definition) is 2. The van der Waals surface area contributed by atoms with Crippen LogP contribution in [0.25, 0.3) is 0 Å². The van der Waals surface area contributed by atoms with Gasteiger partial charge in [0.15, 0.2) is 0 Å². The zero-order valence-corrected chi connectivity index (χ0v) is 11.8. The van der Waals surface area contributed by atoms with Crippen LogP contribution in [0.3, 0.4) is 0 Å². The Labute approximate surface area is 111 Å². The number of carbonyl (C=O) groups is 1. The predicted molar refractivity (Wildman–Crippen MR) is 72.6 cm³/mol. The normalized spacial score (nSPS) is 34.1. The van der Waals surface area contributed by atoms with E-state index in [2.05, 4.69) is 18.7 Å². The number of carboxylic acids is 1. The lowest BCUT2D eigenvalue weighted by Gasteiger charge is -2.43. The van der Waals surface area contributed by atoms with Crippen molar-refractivity contribution in [3.8, 4) is 0 Å². The Morgan fingerprint density at radius 3 is 2.39 bits per heavy atom. The minimum absolute atomic E-state index is 0.242. The summed E-state index contributed by atoms with van der Waals surface area (Å²) in [4.78, 5) is 13.5. The van der Waals surface area contributed by atoms with Gasteiger partial charge in [-0.3, -0.25) is 9.69 Å². The summed E-state index contributed by atoms with van der Waals surface area (Å²) in [6.07, 6.45) is 8.71. The second-order valence-electron chi connectivity index (χ2n) is 6.34. The predicted octanol–water partition coefficient (Wildman–Crippen LogP) is 3.14. The number of nitrogens with zero attached hydrogens (tertiary/aromatic N) is 1. The molecule has 0 radical (unpaired) electrons. The van der Waals surface area contributed by atoms with E-state index in [-0.39, 0.29) is 6.54 Å². The summed E-state index contributed by atoms with van der Waals surface area (Å²) in [5, 5.41) is 9.19. The molecule has 3 nitrogen and oxygen atoms in total. The third-order valence-corrected chi connectivity index (χ3v) is 5.20. The first-order valence-corrected chi connectivity index (χ1v) is 7.57. The molecule has 0 saturated heterocycles. The lowest BCUT2D eigenvalue weighted by atomic mass is 9.77. The SMILES string of the molecule is CC1CCCC(N(CC(=O)O)C2CCCC2)C1C. The molecule has 0 spiro atoms. The number of hydrogen-bond donors (Lipinski definition) is 1. The first kappa shape index (κ1) is 13.9. The molecule has 0 aliphatic heterocycles. The van der Waals surface area contributed by atoms with Crippen LogP contribution in [-0.4, -0.2) is 34.6 Å². The number of aliphatic carboxylic acids is 1. The Kier molecular flexibility index (Phi) is 4.66. The highest BCUT2D eigenvalue weighted by Gasteiger charge is 2.36. The summed E-state index contributed by atoms with van der Waals surface area (Å²) in [7, 11) is 0. The van der Waals surface area contributed by atoms with Gasteiger partial charge in [-0.1, -0.05) is 39.5 Å². The minimum Gasteiger partial charge on any atom is -0.480 e. The molecule has 0 aromatic heterocycles. The molecule has 18 heavy (non-hydrogen) atoms. The monoisotopic (exact) mass is 253 g/mol. The maximum absolute atomic E-state index is 11.2. The molecule has 0 aromatic carbocycles. The number of rotatable bonds is 4. The Morgan fingerprint density at radius 2 is 1.78 bits per heavy atom. The summed E-state index contributed by atoms with van der Waals surface area (Å²) in [6.45, 7) is 4.88. The van der Waals surface area contributed by atoms with Gasteiger partial charge in [-0.25, -0.2) is 0 Å². The van der Waals surface area contributed by atoms with Crippen molar-refractivity contribution < 1.29 is 9.90 Å². The van der Waals surface area contributed by atoms with E-state index in [1.807, 2.05) is 0 Å². The zero-order chi connectivity index (χ0) is 13.1. The quantitative estimate of drug-likeness (QED) is 0.836. The maximum Gasteiger partial charge on any atom is 0.317 e. The van der Waals surface area contributed by atoms with Crippen molar-refractivity contribution in [3.63, 3.8) is 0 Å². The van der Waals surface area contributed by atoms with Crippen molar-refractivity contribution in [1.82, 2.24) is 4.90 Å². The largest absolute Gasteiger partial charge is 0.480 e. The van der Waals surface area contributed by atoms with Crippen molar-refractivity contribution in [3.05, 3.63) is 0 Å². The van der Waals surface area contributed by atoms with E-state index >= 15 is 0 Å². The fourth-order valence-electron chi connectivity index (χ4n) is 3.93. The topological polar surface area (TPSA) is 40.5 Å². The zero-order valence-electron chi connectivity index (χ0n) is 11.8. The van der Waals surface area contributed by atoms with Gasteiger partial charge >= 0.3 is 5.97 Å². The van der Waals surface area contributed by atoms with Crippen LogP contribution in [0.2, 0.25) is 0 Å². The molecule has 0 heterocycles. The highest BCUT2D eigenvalue weighted by atomic mass is 16.4. The van der Waals surface area contributed by atoms with Crippen LogP contribution < -0.4 is 0 Å². The fraction of sp³-hybridized carbons (Fsp3) is 0.933. The van der Waals surface area contributed by atoms with E-state index < -0.39 is 5.97 Å². The lowest BCUT2D eigenvalue weighted by molar-refractivity contribution is -0.140. The van der Waals surface area contributed by atoms with Crippen molar-refractivity contribution in [2.75, 3.05) is 6.54 Å². The first-order chi connectivity index (χ1) is 8.59. The van der Waals surface area contributed by atoms with E-state index in [0.717, 1.165) is 5.92 Å². The Balaban J connectivity index is 2.08. The molecule has 1 N–H and O–H groups in total. The lowest BCUT2D eigenvalue weighted by Crippen LogP contribution is -2.50. The van der Waals surface area contributed by atoms with Crippen LogP contribution in [0.1, 0.15) is 58.8 Å². The summed E-state index contributed by atoms with van der Waals surface area (Å²) in [5.41, 5.74) is 0. The average Bonchev–Trinajstić information content (AvgIpc) is 2.83. The van der Waals surface area contributed by atoms with Gasteiger partial charge in [-0.05, 0) is 31.1 Å². The smallest absolute Gasteiger partial charge is 0.317 e. The van der Waals surface area contributed by atoms with Crippen molar-refractivity contribution in [1.29, 1.82) is 0 Å². The third-order valence-electron chi connectivity index (χ3n) is 5.20. The third kappa shape index (κ3) is 3.05. The van der Waals surface area contributed by atoms with E-state index in [9.17, 15) is 9.90 Å². The van der Waals surface area contributed by atoms with Crippen molar-refractivity contribution in [2.45, 2.75) is 70.9 Å². The molecule has 2 aliphatic rings. The van der Waals surface area contributed by atoms with E-state index in [4.69, 9.17) is 0 Å². The molecule has 0 bridgehead atoms. The molecule has 2 fully saturated rings. The van der Waals surface area contributed by atoms with Crippen LogP contribution in [0.15, 0.2) is 0 Å². The van der Waals surface area contributed by atoms with Crippen LogP contribution >= 0.6 is 0 Å². The van der Waals surface area contributed by atoms with Gasteiger partial charge in [-0.15, -0.1) is 0 Å². The van der Waals surface area contributed by atoms with Gasteiger partial charge in [0.05, 0.1) is 6.54 Å². The van der Waals surface area contributed by atoms with E-state index in [1.165, 1.54) is 44.9 Å². The molecule has 2 rings (SSSR count). The van der Waals surface area contributed by atoms with Gasteiger partial charge < -0.3 is 5.11 Å². The summed E-state index contributed by atoms with van der Waals surface area (Å²) in [6, 6.07) is 1.02. The molecule has 0 amide bonds. The van der Waals surface area contributed by atoms with Crippen LogP contribution in [0, 0.1) is 11.8 Å². The second kappa shape index (κ2) is 6.05. The van der Waals surface area contributed by atoms with E-state index in [0.29, 0.717) is 18.0 Å². The average molecular weight is 253 g/mol. The van der Waals surface area contributed by atoms with Gasteiger partial charge in [0.2, 0.25) is 0 Å². The Hall–Kier alpha value is -0.570. The molecular formula is C15H27NO2. The van der Waals surface area contributed by atoms with Crippen LogP contribution in [0.5, 0.6) is 0 Å². The van der Waals surface area contributed by atoms with Gasteiger partial charge in [0.1, 0.15) is 0 Å². The van der Waals surface area contributed by atoms with Crippen LogP contribution in [0.4, 0.5) is 0 Å². The minimum atomic E-state index is -0.660. The first-order valence-electron chi connectivity index (χ1n) is 7.57. The molecule has 3 atom stereocenters. The van der Waals surface area contributed by atoms with Crippen molar-refractivity contribution in [2.24, 2.45) is 11.8 Å². The summed E-state index contributed by atoms with van der Waals surface area (Å²) in [5.74, 6) is 0.715. The Morgan fingerprint density at radius 1 is 1.11 bits per heavy atom. The fourth-order valence-corrected chi connectivity index (χ4v) is 3.93. The second-order valence-corrected chi connectivity index (χ2v) is 6.34. The molecular weight excluding hydrogens is 226 g/mol. The molecule has 0 aromatic rings. The molecule has 3 heteroatoms. The standard InChI is InChI=1S/C15H27NO2/c1-11-6-5-9-14(12(11)2)16(10-15(17)18)13-7-3-4-8-13/h11-14H,3-10H2,1-2H3,(H,17,18). The van der Waals surface area contributed by atoms with E-state index in [1.54, 1.807) is 0 Å². The van der Waals surface area contributed by atoms with Crippen LogP contribution in [-0.2, 0) is 4.79 Å².